The molecule has 0 saturated carbocycles. The first-order valence-electron chi connectivity index (χ1n) is 6.01. The highest BCUT2D eigenvalue weighted by Gasteiger charge is 2.15. The van der Waals surface area contributed by atoms with Crippen LogP contribution in [-0.4, -0.2) is 10.9 Å². The Hall–Kier alpha value is -2.57. The summed E-state index contributed by atoms with van der Waals surface area (Å²) in [4.78, 5) is 11.2. The highest BCUT2D eigenvalue weighted by molar-refractivity contribution is 6.34. The van der Waals surface area contributed by atoms with Crippen molar-refractivity contribution in [3.8, 4) is 11.8 Å². The Morgan fingerprint density at radius 2 is 1.80 bits per heavy atom. The van der Waals surface area contributed by atoms with Crippen molar-refractivity contribution in [3.05, 3.63) is 64.8 Å². The lowest BCUT2D eigenvalue weighted by atomic mass is 10.2. The maximum atomic E-state index is 11.2. The van der Waals surface area contributed by atoms with E-state index in [0.717, 1.165) is 22.9 Å². The Labute approximate surface area is 120 Å². The lowest BCUT2D eigenvalue weighted by Crippen LogP contribution is -1.94. The van der Waals surface area contributed by atoms with E-state index >= 15 is 0 Å². The van der Waals surface area contributed by atoms with E-state index in [1.807, 2.05) is 41.0 Å². The molecule has 0 radical (unpaired) electrons. The molecule has 0 unspecified atom stereocenters. The van der Waals surface area contributed by atoms with Gasteiger partial charge in [0, 0.05) is 11.1 Å². The number of nitriles is 1. The molecule has 0 fully saturated rings. The van der Waals surface area contributed by atoms with Gasteiger partial charge in [0.15, 0.2) is 6.29 Å². The molecule has 20 heavy (non-hydrogen) atoms. The SMILES string of the molecule is N#Cc1ccc(-n2c(Cl)c(C=O)c3ccccc32)cc1. The Morgan fingerprint density at radius 1 is 1.10 bits per heavy atom. The van der Waals surface area contributed by atoms with Gasteiger partial charge in [-0.15, -0.1) is 0 Å². The molecule has 96 valence electrons. The van der Waals surface area contributed by atoms with Gasteiger partial charge in [-0.2, -0.15) is 5.26 Å². The van der Waals surface area contributed by atoms with Crippen LogP contribution in [0.1, 0.15) is 15.9 Å². The first-order valence-corrected chi connectivity index (χ1v) is 6.38. The summed E-state index contributed by atoms with van der Waals surface area (Å²) in [5.41, 5.74) is 2.74. The van der Waals surface area contributed by atoms with Gasteiger partial charge in [0.25, 0.3) is 0 Å². The van der Waals surface area contributed by atoms with Gasteiger partial charge in [-0.3, -0.25) is 9.36 Å². The molecule has 0 aliphatic rings. The van der Waals surface area contributed by atoms with E-state index in [-0.39, 0.29) is 0 Å². The predicted octanol–water partition coefficient (Wildman–Crippen LogP) is 3.97. The van der Waals surface area contributed by atoms with Crippen molar-refractivity contribution in [1.82, 2.24) is 4.57 Å². The third-order valence-corrected chi connectivity index (χ3v) is 3.60. The molecule has 3 nitrogen and oxygen atoms in total. The summed E-state index contributed by atoms with van der Waals surface area (Å²) in [6, 6.07) is 16.7. The van der Waals surface area contributed by atoms with Gasteiger partial charge in [0.05, 0.1) is 22.7 Å². The molecule has 0 bridgehead atoms. The minimum Gasteiger partial charge on any atom is -0.300 e. The average molecular weight is 281 g/mol. The molecule has 1 aromatic heterocycles. The number of carbonyl (C=O) groups excluding carboxylic acids is 1. The zero-order chi connectivity index (χ0) is 14.1. The Balaban J connectivity index is 2.33. The summed E-state index contributed by atoms with van der Waals surface area (Å²) in [6.07, 6.45) is 0.769. The zero-order valence-electron chi connectivity index (χ0n) is 10.4. The molecule has 0 saturated heterocycles. The smallest absolute Gasteiger partial charge is 0.153 e. The van der Waals surface area contributed by atoms with Gasteiger partial charge in [0.1, 0.15) is 5.15 Å². The molecule has 3 rings (SSSR count). The van der Waals surface area contributed by atoms with Crippen LogP contribution >= 0.6 is 11.6 Å². The van der Waals surface area contributed by atoms with Crippen LogP contribution in [-0.2, 0) is 0 Å². The first-order chi connectivity index (χ1) is 9.76. The molecule has 0 amide bonds. The van der Waals surface area contributed by atoms with Crippen LogP contribution in [0.4, 0.5) is 0 Å². The second kappa shape index (κ2) is 4.84. The molecule has 0 N–H and O–H groups in total. The second-order valence-corrected chi connectivity index (χ2v) is 4.69. The van der Waals surface area contributed by atoms with Crippen LogP contribution in [0.5, 0.6) is 0 Å². The van der Waals surface area contributed by atoms with Crippen molar-refractivity contribution in [2.24, 2.45) is 0 Å². The zero-order valence-corrected chi connectivity index (χ0v) is 11.1. The number of para-hydroxylation sites is 1. The van der Waals surface area contributed by atoms with Gasteiger partial charge in [0.2, 0.25) is 0 Å². The Bertz CT molecular complexity index is 841. The third-order valence-electron chi connectivity index (χ3n) is 3.23. The number of benzene rings is 2. The highest BCUT2D eigenvalue weighted by Crippen LogP contribution is 2.31. The van der Waals surface area contributed by atoms with Crippen molar-refractivity contribution in [3.63, 3.8) is 0 Å². The van der Waals surface area contributed by atoms with E-state index in [1.165, 1.54) is 0 Å². The fourth-order valence-corrected chi connectivity index (χ4v) is 2.62. The number of hydrogen-bond acceptors (Lipinski definition) is 2. The van der Waals surface area contributed by atoms with Crippen molar-refractivity contribution >= 4 is 28.8 Å². The minimum atomic E-state index is 0.380. The van der Waals surface area contributed by atoms with Gasteiger partial charge in [-0.05, 0) is 30.3 Å². The lowest BCUT2D eigenvalue weighted by molar-refractivity contribution is 0.112. The molecule has 0 aliphatic heterocycles. The molecule has 3 aromatic rings. The summed E-state index contributed by atoms with van der Waals surface area (Å²) in [6.45, 7) is 0. The van der Waals surface area contributed by atoms with E-state index in [4.69, 9.17) is 16.9 Å². The third kappa shape index (κ3) is 1.78. The molecular weight excluding hydrogens is 272 g/mol. The topological polar surface area (TPSA) is 45.8 Å². The van der Waals surface area contributed by atoms with Crippen LogP contribution in [0.3, 0.4) is 0 Å². The predicted molar refractivity (Wildman–Crippen MR) is 78.4 cm³/mol. The van der Waals surface area contributed by atoms with Crippen LogP contribution < -0.4 is 0 Å². The van der Waals surface area contributed by atoms with Crippen LogP contribution in [0.25, 0.3) is 16.6 Å². The van der Waals surface area contributed by atoms with E-state index in [2.05, 4.69) is 6.07 Å². The summed E-state index contributed by atoms with van der Waals surface area (Å²) in [5, 5.41) is 10.0. The highest BCUT2D eigenvalue weighted by atomic mass is 35.5. The molecule has 0 aliphatic carbocycles. The average Bonchev–Trinajstić information content (AvgIpc) is 2.79. The first kappa shape index (κ1) is 12.5. The van der Waals surface area contributed by atoms with Crippen LogP contribution in [0.2, 0.25) is 5.15 Å². The van der Waals surface area contributed by atoms with E-state index in [1.54, 1.807) is 12.1 Å². The van der Waals surface area contributed by atoms with Crippen molar-refractivity contribution in [2.75, 3.05) is 0 Å². The van der Waals surface area contributed by atoms with E-state index < -0.39 is 0 Å². The minimum absolute atomic E-state index is 0.380. The van der Waals surface area contributed by atoms with Gasteiger partial charge in [-0.1, -0.05) is 29.8 Å². The van der Waals surface area contributed by atoms with Gasteiger partial charge < -0.3 is 0 Å². The van der Waals surface area contributed by atoms with Crippen LogP contribution in [0.15, 0.2) is 48.5 Å². The monoisotopic (exact) mass is 280 g/mol. The van der Waals surface area contributed by atoms with E-state index in [9.17, 15) is 4.79 Å². The molecule has 0 atom stereocenters. The summed E-state index contributed by atoms with van der Waals surface area (Å²) in [5.74, 6) is 0. The van der Waals surface area contributed by atoms with Gasteiger partial charge in [-0.25, -0.2) is 0 Å². The maximum Gasteiger partial charge on any atom is 0.153 e. The number of aldehydes is 1. The summed E-state index contributed by atoms with van der Waals surface area (Å²) in [7, 11) is 0. The Kier molecular flexibility index (Phi) is 3.02. The van der Waals surface area contributed by atoms with Crippen LogP contribution in [0, 0.1) is 11.3 Å². The van der Waals surface area contributed by atoms with Crippen molar-refractivity contribution in [1.29, 1.82) is 5.26 Å². The number of fused-ring (bicyclic) bond motifs is 1. The van der Waals surface area contributed by atoms with Crippen molar-refractivity contribution in [2.45, 2.75) is 0 Å². The molecule has 4 heteroatoms. The maximum absolute atomic E-state index is 11.2. The fraction of sp³-hybridized carbons (Fsp3) is 0. The lowest BCUT2D eigenvalue weighted by Gasteiger charge is -2.07. The summed E-state index contributed by atoms with van der Waals surface area (Å²) < 4.78 is 1.81. The fourth-order valence-electron chi connectivity index (χ4n) is 2.28. The standard InChI is InChI=1S/C16H9ClN2O/c17-16-14(10-20)13-3-1-2-4-15(13)19(16)12-7-5-11(9-18)6-8-12/h1-8,10H. The van der Waals surface area contributed by atoms with Gasteiger partial charge >= 0.3 is 0 Å². The number of hydrogen-bond donors (Lipinski definition) is 0. The number of carbonyl (C=O) groups is 1. The second-order valence-electron chi connectivity index (χ2n) is 4.33. The molecule has 2 aromatic carbocycles. The van der Waals surface area contributed by atoms with Crippen molar-refractivity contribution < 1.29 is 4.79 Å². The number of halogens is 1. The quantitative estimate of drug-likeness (QED) is 0.667. The molecular formula is C16H9ClN2O. The number of rotatable bonds is 2. The number of nitrogens with zero attached hydrogens (tertiary/aromatic N) is 2. The largest absolute Gasteiger partial charge is 0.300 e. The molecule has 0 spiro atoms. The van der Waals surface area contributed by atoms with E-state index in [0.29, 0.717) is 16.3 Å². The number of aromatic nitrogens is 1. The molecule has 1 heterocycles. The normalized spacial score (nSPS) is 10.4. The summed E-state index contributed by atoms with van der Waals surface area (Å²) >= 11 is 6.33. The Morgan fingerprint density at radius 3 is 2.45 bits per heavy atom.